The number of imidazole rings is 1. The maximum absolute atomic E-state index is 13.3. The van der Waals surface area contributed by atoms with Gasteiger partial charge in [0.1, 0.15) is 29.9 Å². The smallest absolute Gasteiger partial charge is 0.259 e. The normalized spacial score (nSPS) is 25.8. The van der Waals surface area contributed by atoms with Crippen LogP contribution < -0.4 is 15.4 Å². The van der Waals surface area contributed by atoms with Gasteiger partial charge in [0, 0.05) is 24.1 Å². The Bertz CT molecular complexity index is 2640. The van der Waals surface area contributed by atoms with Crippen LogP contribution in [0.3, 0.4) is 0 Å². The van der Waals surface area contributed by atoms with E-state index in [4.69, 9.17) is 33.2 Å². The molecule has 6 aromatic rings. The molecule has 10 rings (SSSR count). The minimum Gasteiger partial charge on any atom is -0.497 e. The van der Waals surface area contributed by atoms with Gasteiger partial charge in [-0.05, 0) is 68.7 Å². The van der Waals surface area contributed by atoms with Crippen molar-refractivity contribution in [1.82, 2.24) is 29.5 Å². The molecular formula is C49H51N8O6P. The molecule has 4 aliphatic rings. The molecule has 15 heteroatoms. The summed E-state index contributed by atoms with van der Waals surface area (Å²) in [6.45, 7) is 9.16. The van der Waals surface area contributed by atoms with Crippen LogP contribution >= 0.6 is 8.53 Å². The summed E-state index contributed by atoms with van der Waals surface area (Å²) in [5, 5.41) is 16.8. The second-order valence-corrected chi connectivity index (χ2v) is 18.9. The quantitative estimate of drug-likeness (QED) is 0.0516. The van der Waals surface area contributed by atoms with Crippen molar-refractivity contribution >= 4 is 31.4 Å². The topological polar surface area (TPSA) is 158 Å². The molecule has 2 N–H and O–H groups in total. The molecule has 328 valence electrons. The number of carbonyl (C=O) groups excluding carboxylic acids is 1. The highest BCUT2D eigenvalue weighted by Gasteiger charge is 3.04. The van der Waals surface area contributed by atoms with Crippen LogP contribution in [0.2, 0.25) is 0 Å². The third kappa shape index (κ3) is 6.32. The van der Waals surface area contributed by atoms with E-state index in [1.807, 2.05) is 47.0 Å². The molecule has 1 spiro atoms. The first kappa shape index (κ1) is 42.3. The standard InChI is InChI=1S/C49H51N8O6P/c1-32(2)57(33(3)4)64(61-27-15-26-50)63-45-47-28-46(55-48(35-18-11-7-12-19-35,36-20-13-8-14-21-36)37-22-24-38(59-5)25-23-37)29-60-40(49(45,46)47)44(62-47)56-31-53-39-41(51-30-52-42(39)56)54-43(58)34-16-9-6-10-17-34/h6-14,16-25,30-33,40,44-45,55H,15,27-29H2,1-5H3,(H,51,52,54,58)/t40-,44+,45?,46-,47+,49-,64?/m0/s1. The Labute approximate surface area is 373 Å². The number of methoxy groups -OCH3 is 1. The molecule has 2 aromatic heterocycles. The maximum Gasteiger partial charge on any atom is 0.259 e. The van der Waals surface area contributed by atoms with Gasteiger partial charge in [0.25, 0.3) is 14.4 Å². The number of nitrogens with one attached hydrogen (secondary N) is 2. The van der Waals surface area contributed by atoms with E-state index in [-0.39, 0.29) is 31.0 Å². The van der Waals surface area contributed by atoms with Crippen molar-refractivity contribution < 1.29 is 28.1 Å². The van der Waals surface area contributed by atoms with Gasteiger partial charge in [-0.1, -0.05) is 91.0 Å². The van der Waals surface area contributed by atoms with Gasteiger partial charge >= 0.3 is 0 Å². The van der Waals surface area contributed by atoms with E-state index in [0.717, 1.165) is 22.4 Å². The van der Waals surface area contributed by atoms with Crippen molar-refractivity contribution in [2.45, 2.75) is 87.7 Å². The van der Waals surface area contributed by atoms with Gasteiger partial charge in [-0.25, -0.2) is 19.6 Å². The number of anilines is 1. The van der Waals surface area contributed by atoms with E-state index in [1.54, 1.807) is 25.6 Å². The molecule has 7 atom stereocenters. The molecule has 64 heavy (non-hydrogen) atoms. The van der Waals surface area contributed by atoms with Crippen molar-refractivity contribution in [2.75, 3.05) is 25.6 Å². The molecule has 4 fully saturated rings. The first-order valence-electron chi connectivity index (χ1n) is 21.8. The van der Waals surface area contributed by atoms with Crippen molar-refractivity contribution in [2.24, 2.45) is 5.41 Å². The maximum atomic E-state index is 13.3. The van der Waals surface area contributed by atoms with Gasteiger partial charge in [0.05, 0.1) is 55.6 Å². The number of aromatic nitrogens is 4. The molecule has 14 nitrogen and oxygen atoms in total. The summed E-state index contributed by atoms with van der Waals surface area (Å²) in [7, 11) is 0.0390. The van der Waals surface area contributed by atoms with Gasteiger partial charge in [0.2, 0.25) is 0 Å². The average molecular weight is 879 g/mol. The number of hydrogen-bond donors (Lipinski definition) is 2. The molecular weight excluding hydrogens is 828 g/mol. The predicted octanol–water partition coefficient (Wildman–Crippen LogP) is 8.14. The second kappa shape index (κ2) is 16.4. The van der Waals surface area contributed by atoms with Crippen LogP contribution in [0.25, 0.3) is 11.2 Å². The lowest BCUT2D eigenvalue weighted by atomic mass is 9.62. The van der Waals surface area contributed by atoms with Crippen LogP contribution in [0, 0.1) is 16.7 Å². The number of amides is 1. The zero-order valence-corrected chi connectivity index (χ0v) is 37.3. The minimum atomic E-state index is -1.64. The Morgan fingerprint density at radius 1 is 0.922 bits per heavy atom. The summed E-state index contributed by atoms with van der Waals surface area (Å²) in [5.41, 5.74) is 1.53. The number of ether oxygens (including phenoxy) is 3. The molecule has 4 heterocycles. The Hall–Kier alpha value is -5.62. The van der Waals surface area contributed by atoms with Crippen molar-refractivity contribution in [3.63, 3.8) is 0 Å². The lowest BCUT2D eigenvalue weighted by Crippen LogP contribution is -2.70. The summed E-state index contributed by atoms with van der Waals surface area (Å²) in [6, 6.07) is 40.7. The zero-order valence-electron chi connectivity index (χ0n) is 36.4. The molecule has 2 aliphatic carbocycles. The van der Waals surface area contributed by atoms with Crippen LogP contribution in [-0.2, 0) is 24.1 Å². The van der Waals surface area contributed by atoms with Gasteiger partial charge in [0.15, 0.2) is 23.2 Å². The number of rotatable bonds is 17. The molecule has 0 bridgehead atoms. The molecule has 4 aromatic carbocycles. The van der Waals surface area contributed by atoms with E-state index in [2.05, 4.69) is 115 Å². The Balaban J connectivity index is 1.09. The second-order valence-electron chi connectivity index (χ2n) is 17.5. The Morgan fingerprint density at radius 3 is 2.19 bits per heavy atom. The average Bonchev–Trinajstić information content (AvgIpc) is 3.67. The monoisotopic (exact) mass is 878 g/mol. The van der Waals surface area contributed by atoms with Gasteiger partial charge in [-0.2, -0.15) is 5.26 Å². The van der Waals surface area contributed by atoms with E-state index in [9.17, 15) is 10.1 Å². The van der Waals surface area contributed by atoms with Crippen molar-refractivity contribution in [1.29, 1.82) is 5.26 Å². The summed E-state index contributed by atoms with van der Waals surface area (Å²) in [4.78, 5) is 27.2. The molecule has 2 unspecified atom stereocenters. The summed E-state index contributed by atoms with van der Waals surface area (Å²) in [5.74, 6) is 0.748. The molecule has 2 saturated carbocycles. The Kier molecular flexibility index (Phi) is 10.9. The fourth-order valence-corrected chi connectivity index (χ4v) is 12.8. The van der Waals surface area contributed by atoms with Gasteiger partial charge in [-0.3, -0.25) is 14.7 Å². The van der Waals surface area contributed by atoms with Crippen molar-refractivity contribution in [3.05, 3.63) is 150 Å². The number of nitriles is 1. The number of fused-ring (bicyclic) bond motifs is 1. The summed E-state index contributed by atoms with van der Waals surface area (Å²) >= 11 is 0. The van der Waals surface area contributed by atoms with Crippen LogP contribution in [0.5, 0.6) is 5.75 Å². The van der Waals surface area contributed by atoms with E-state index >= 15 is 0 Å². The van der Waals surface area contributed by atoms with E-state index in [1.165, 1.54) is 6.33 Å². The van der Waals surface area contributed by atoms with E-state index < -0.39 is 49.1 Å². The third-order valence-corrected chi connectivity index (χ3v) is 15.6. The zero-order chi connectivity index (χ0) is 44.3. The fraction of sp³-hybridized carbons (Fsp3) is 0.367. The van der Waals surface area contributed by atoms with Crippen LogP contribution in [0.4, 0.5) is 5.82 Å². The van der Waals surface area contributed by atoms with Crippen LogP contribution in [-0.4, -0.2) is 85.9 Å². The SMILES string of the molecule is COc1ccc(C(N[C@]23CO[C@H]4[C@H](n5cnc6c(NC(=O)c7ccccc7)ncnc65)O[C@]5(C2)C(OP(OCCC#N)N(C(C)C)C(C)C)[C@@]435)(c2ccccc2)c2ccccc2)cc1. The Morgan fingerprint density at radius 2 is 1.56 bits per heavy atom. The number of benzene rings is 4. The summed E-state index contributed by atoms with van der Waals surface area (Å²) < 4.78 is 38.2. The van der Waals surface area contributed by atoms with Gasteiger partial charge in [-0.15, -0.1) is 0 Å². The first-order chi connectivity index (χ1) is 31.1. The predicted molar refractivity (Wildman–Crippen MR) is 241 cm³/mol. The highest BCUT2D eigenvalue weighted by atomic mass is 31.2. The lowest BCUT2D eigenvalue weighted by molar-refractivity contribution is -0.138. The first-order valence-corrected chi connectivity index (χ1v) is 22.9. The highest BCUT2D eigenvalue weighted by molar-refractivity contribution is 7.44. The third-order valence-electron chi connectivity index (χ3n) is 13.5. The number of carbonyl (C=O) groups is 1. The molecule has 2 saturated heterocycles. The molecule has 1 amide bonds. The van der Waals surface area contributed by atoms with Crippen LogP contribution in [0.1, 0.15) is 73.8 Å². The minimum absolute atomic E-state index is 0.0978. The van der Waals surface area contributed by atoms with Crippen LogP contribution in [0.15, 0.2) is 128 Å². The van der Waals surface area contributed by atoms with Crippen molar-refractivity contribution in [3.8, 4) is 11.8 Å². The lowest BCUT2D eigenvalue weighted by Gasteiger charge is -2.52. The molecule has 0 radical (unpaired) electrons. The largest absolute Gasteiger partial charge is 0.497 e. The number of nitrogens with zero attached hydrogens (tertiary/aromatic N) is 6. The van der Waals surface area contributed by atoms with E-state index in [0.29, 0.717) is 35.6 Å². The molecule has 2 aliphatic heterocycles. The highest BCUT2D eigenvalue weighted by Crippen LogP contribution is 2.89. The van der Waals surface area contributed by atoms with Gasteiger partial charge < -0.3 is 28.6 Å². The fourth-order valence-electron chi connectivity index (χ4n) is 11.0. The number of hydrogen-bond acceptors (Lipinski definition) is 12. The summed E-state index contributed by atoms with van der Waals surface area (Å²) in [6.07, 6.45) is 2.33.